The van der Waals surface area contributed by atoms with Crippen LogP contribution in [-0.4, -0.2) is 19.7 Å². The smallest absolute Gasteiger partial charge is 0.246 e. The van der Waals surface area contributed by atoms with Crippen LogP contribution in [-0.2, 0) is 6.54 Å². The second-order valence-electron chi connectivity index (χ2n) is 2.65. The zero-order chi connectivity index (χ0) is 9.26. The van der Waals surface area contributed by atoms with Crippen molar-refractivity contribution in [1.82, 2.24) is 19.7 Å². The lowest BCUT2D eigenvalue weighted by Gasteiger charge is -1.97. The van der Waals surface area contributed by atoms with Gasteiger partial charge in [0.05, 0.1) is 0 Å². The molecule has 0 atom stereocenters. The average molecular weight is 179 g/mol. The molecule has 0 amide bonds. The fourth-order valence-corrected chi connectivity index (χ4v) is 1.02. The minimum absolute atomic E-state index is 0.441. The Bertz CT molecular complexity index is 404. The van der Waals surface area contributed by atoms with Crippen molar-refractivity contribution in [2.24, 2.45) is 0 Å². The highest BCUT2D eigenvalue weighted by Crippen LogP contribution is 2.03. The van der Waals surface area contributed by atoms with E-state index >= 15 is 0 Å². The molecule has 2 aromatic heterocycles. The van der Waals surface area contributed by atoms with E-state index < -0.39 is 0 Å². The van der Waals surface area contributed by atoms with Crippen molar-refractivity contribution in [2.75, 3.05) is 5.73 Å². The highest BCUT2D eigenvalue weighted by Gasteiger charge is 2.05. The molecular weight excluding hydrogens is 170 g/mol. The first kappa shape index (κ1) is 7.78. The maximum Gasteiger partial charge on any atom is 0.246 e. The van der Waals surface area contributed by atoms with Crippen LogP contribution in [0.2, 0.25) is 0 Å². The van der Waals surface area contributed by atoms with Gasteiger partial charge in [0.1, 0.15) is 6.54 Å². The van der Waals surface area contributed by atoms with E-state index in [0.717, 1.165) is 0 Å². The monoisotopic (exact) mass is 179 g/mol. The second-order valence-corrected chi connectivity index (χ2v) is 2.65. The van der Waals surface area contributed by atoms with Gasteiger partial charge in [-0.25, -0.2) is 4.98 Å². The van der Waals surface area contributed by atoms with Gasteiger partial charge in [0.2, 0.25) is 11.8 Å². The van der Waals surface area contributed by atoms with E-state index in [0.29, 0.717) is 24.2 Å². The van der Waals surface area contributed by atoms with Gasteiger partial charge in [-0.05, 0) is 6.92 Å². The SMILES string of the molecule is Cc1noc(Cn2ccnc2N)n1. The molecule has 13 heavy (non-hydrogen) atoms. The minimum Gasteiger partial charge on any atom is -0.369 e. The van der Waals surface area contributed by atoms with Crippen LogP contribution in [0.5, 0.6) is 0 Å². The summed E-state index contributed by atoms with van der Waals surface area (Å²) in [5.41, 5.74) is 5.56. The molecule has 0 fully saturated rings. The molecule has 68 valence electrons. The van der Waals surface area contributed by atoms with Crippen LogP contribution in [0.15, 0.2) is 16.9 Å². The Hall–Kier alpha value is -1.85. The van der Waals surface area contributed by atoms with Gasteiger partial charge in [-0.3, -0.25) is 0 Å². The van der Waals surface area contributed by atoms with Crippen LogP contribution in [0, 0.1) is 6.92 Å². The summed E-state index contributed by atoms with van der Waals surface area (Å²) >= 11 is 0. The first-order chi connectivity index (χ1) is 6.25. The molecule has 0 aliphatic rings. The number of anilines is 1. The molecule has 2 rings (SSSR count). The van der Waals surface area contributed by atoms with Crippen LogP contribution >= 0.6 is 0 Å². The van der Waals surface area contributed by atoms with Crippen LogP contribution in [0.1, 0.15) is 11.7 Å². The maximum absolute atomic E-state index is 5.56. The van der Waals surface area contributed by atoms with E-state index in [4.69, 9.17) is 10.3 Å². The van der Waals surface area contributed by atoms with Gasteiger partial charge < -0.3 is 14.8 Å². The molecule has 0 aliphatic heterocycles. The van der Waals surface area contributed by atoms with Crippen molar-refractivity contribution in [3.05, 3.63) is 24.1 Å². The number of nitrogens with two attached hydrogens (primary N) is 1. The van der Waals surface area contributed by atoms with E-state index in [-0.39, 0.29) is 0 Å². The number of nitrogen functional groups attached to an aromatic ring is 1. The van der Waals surface area contributed by atoms with E-state index in [1.54, 1.807) is 23.9 Å². The fraction of sp³-hybridized carbons (Fsp3) is 0.286. The molecule has 0 unspecified atom stereocenters. The Labute approximate surface area is 74.4 Å². The molecule has 2 aromatic rings. The maximum atomic E-state index is 5.56. The number of imidazole rings is 1. The number of hydrogen-bond acceptors (Lipinski definition) is 5. The fourth-order valence-electron chi connectivity index (χ4n) is 1.02. The van der Waals surface area contributed by atoms with Crippen molar-refractivity contribution in [3.63, 3.8) is 0 Å². The highest BCUT2D eigenvalue weighted by molar-refractivity contribution is 5.17. The summed E-state index contributed by atoms with van der Waals surface area (Å²) < 4.78 is 6.66. The summed E-state index contributed by atoms with van der Waals surface area (Å²) in [4.78, 5) is 7.92. The molecule has 2 heterocycles. The second kappa shape index (κ2) is 2.89. The molecule has 6 nitrogen and oxygen atoms in total. The molecule has 0 saturated heterocycles. The van der Waals surface area contributed by atoms with E-state index in [9.17, 15) is 0 Å². The van der Waals surface area contributed by atoms with Gasteiger partial charge >= 0.3 is 0 Å². The molecular formula is C7H9N5O. The quantitative estimate of drug-likeness (QED) is 0.712. The topological polar surface area (TPSA) is 82.8 Å². The van der Waals surface area contributed by atoms with Gasteiger partial charge in [0, 0.05) is 12.4 Å². The van der Waals surface area contributed by atoms with Crippen molar-refractivity contribution in [3.8, 4) is 0 Å². The van der Waals surface area contributed by atoms with Gasteiger partial charge in [-0.2, -0.15) is 4.98 Å². The lowest BCUT2D eigenvalue weighted by atomic mass is 10.6. The zero-order valence-electron chi connectivity index (χ0n) is 7.14. The summed E-state index contributed by atoms with van der Waals surface area (Å²) in [5.74, 6) is 1.59. The summed E-state index contributed by atoms with van der Waals surface area (Å²) in [5, 5.41) is 3.67. The van der Waals surface area contributed by atoms with Gasteiger partial charge in [-0.15, -0.1) is 0 Å². The Morgan fingerprint density at radius 2 is 2.46 bits per heavy atom. The molecule has 0 aromatic carbocycles. The number of rotatable bonds is 2. The number of nitrogens with zero attached hydrogens (tertiary/aromatic N) is 4. The van der Waals surface area contributed by atoms with Crippen LogP contribution in [0.25, 0.3) is 0 Å². The third kappa shape index (κ3) is 1.51. The molecule has 2 N–H and O–H groups in total. The summed E-state index contributed by atoms with van der Waals surface area (Å²) in [6.07, 6.45) is 3.38. The van der Waals surface area contributed by atoms with Crippen molar-refractivity contribution in [2.45, 2.75) is 13.5 Å². The standard InChI is InChI=1S/C7H9N5O/c1-5-10-6(13-11-5)4-12-3-2-9-7(12)8/h2-3H,4H2,1H3,(H2,8,9). The lowest BCUT2D eigenvalue weighted by Crippen LogP contribution is -2.03. The van der Waals surface area contributed by atoms with Gasteiger partial charge in [0.15, 0.2) is 5.82 Å². The number of aromatic nitrogens is 4. The summed E-state index contributed by atoms with van der Waals surface area (Å²) in [7, 11) is 0. The third-order valence-corrected chi connectivity index (χ3v) is 1.62. The zero-order valence-corrected chi connectivity index (χ0v) is 7.14. The Morgan fingerprint density at radius 1 is 1.62 bits per heavy atom. The van der Waals surface area contributed by atoms with E-state index in [1.807, 2.05) is 0 Å². The number of aryl methyl sites for hydroxylation is 1. The van der Waals surface area contributed by atoms with Gasteiger partial charge in [0.25, 0.3) is 0 Å². The molecule has 6 heteroatoms. The van der Waals surface area contributed by atoms with Gasteiger partial charge in [-0.1, -0.05) is 5.16 Å². The normalized spacial score (nSPS) is 10.5. The molecule has 0 bridgehead atoms. The van der Waals surface area contributed by atoms with Crippen molar-refractivity contribution < 1.29 is 4.52 Å². The first-order valence-electron chi connectivity index (χ1n) is 3.81. The molecule has 0 spiro atoms. The average Bonchev–Trinajstić information content (AvgIpc) is 2.64. The van der Waals surface area contributed by atoms with Crippen LogP contribution < -0.4 is 5.73 Å². The van der Waals surface area contributed by atoms with Crippen LogP contribution in [0.4, 0.5) is 5.95 Å². The Balaban J connectivity index is 2.19. The molecule has 0 radical (unpaired) electrons. The minimum atomic E-state index is 0.441. The Kier molecular flexibility index (Phi) is 1.73. The largest absolute Gasteiger partial charge is 0.369 e. The highest BCUT2D eigenvalue weighted by atomic mass is 16.5. The number of hydrogen-bond donors (Lipinski definition) is 1. The summed E-state index contributed by atoms with van der Waals surface area (Å²) in [6, 6.07) is 0. The third-order valence-electron chi connectivity index (χ3n) is 1.62. The predicted octanol–water partition coefficient (Wildman–Crippen LogP) is 0.205. The predicted molar refractivity (Wildman–Crippen MR) is 44.8 cm³/mol. The molecule has 0 aliphatic carbocycles. The summed E-state index contributed by atoms with van der Waals surface area (Å²) in [6.45, 7) is 2.23. The van der Waals surface area contributed by atoms with Crippen molar-refractivity contribution in [1.29, 1.82) is 0 Å². The lowest BCUT2D eigenvalue weighted by molar-refractivity contribution is 0.368. The van der Waals surface area contributed by atoms with Crippen LogP contribution in [0.3, 0.4) is 0 Å². The first-order valence-corrected chi connectivity index (χ1v) is 3.81. The Morgan fingerprint density at radius 3 is 3.00 bits per heavy atom. The molecule has 0 saturated carbocycles. The van der Waals surface area contributed by atoms with E-state index in [2.05, 4.69) is 15.1 Å². The van der Waals surface area contributed by atoms with E-state index in [1.165, 1.54) is 0 Å². The van der Waals surface area contributed by atoms with Crippen molar-refractivity contribution >= 4 is 5.95 Å².